The molecule has 0 bridgehead atoms. The molecule has 0 aromatic carbocycles. The molecule has 1 N–H and O–H groups in total. The summed E-state index contributed by atoms with van der Waals surface area (Å²) in [6.45, 7) is 7.49. The molecule has 1 aliphatic rings. The average molecular weight is 374 g/mol. The van der Waals surface area contributed by atoms with E-state index in [2.05, 4.69) is 45.2 Å². The summed E-state index contributed by atoms with van der Waals surface area (Å²) in [5.41, 5.74) is 2.02. The Morgan fingerprint density at radius 3 is 2.81 bits per heavy atom. The van der Waals surface area contributed by atoms with Crippen LogP contribution in [-0.2, 0) is 6.54 Å². The SMILES string of the molecule is Cc1nc(C)c(C(=O)N[C@@H]2CN(Cc3cccnc3)C[C@H]2CN(C)C)s1. The summed E-state index contributed by atoms with van der Waals surface area (Å²) in [5.74, 6) is 0.407. The molecule has 3 heterocycles. The predicted octanol–water partition coefficient (Wildman–Crippen LogP) is 1.95. The maximum Gasteiger partial charge on any atom is 0.263 e. The molecule has 1 aliphatic heterocycles. The summed E-state index contributed by atoms with van der Waals surface area (Å²) in [4.78, 5) is 26.7. The highest BCUT2D eigenvalue weighted by Crippen LogP contribution is 2.22. The summed E-state index contributed by atoms with van der Waals surface area (Å²) in [6, 6.07) is 4.21. The Balaban J connectivity index is 1.68. The Bertz CT molecular complexity index is 746. The molecule has 6 nitrogen and oxygen atoms in total. The number of aryl methyl sites for hydroxylation is 2. The van der Waals surface area contributed by atoms with Gasteiger partial charge in [-0.25, -0.2) is 4.98 Å². The normalized spacial score (nSPS) is 20.7. The van der Waals surface area contributed by atoms with Crippen LogP contribution in [0.25, 0.3) is 0 Å². The van der Waals surface area contributed by atoms with Crippen LogP contribution in [-0.4, -0.2) is 65.4 Å². The predicted molar refractivity (Wildman–Crippen MR) is 104 cm³/mol. The molecule has 1 fully saturated rings. The lowest BCUT2D eigenvalue weighted by molar-refractivity contribution is 0.0930. The fourth-order valence-electron chi connectivity index (χ4n) is 3.63. The number of nitrogens with one attached hydrogen (secondary N) is 1. The second kappa shape index (κ2) is 8.24. The van der Waals surface area contributed by atoms with Gasteiger partial charge in [0.25, 0.3) is 5.91 Å². The van der Waals surface area contributed by atoms with Crippen LogP contribution in [0.15, 0.2) is 24.5 Å². The lowest BCUT2D eigenvalue weighted by atomic mass is 10.0. The summed E-state index contributed by atoms with van der Waals surface area (Å²) in [7, 11) is 4.17. The van der Waals surface area contributed by atoms with Gasteiger partial charge in [0.1, 0.15) is 4.88 Å². The van der Waals surface area contributed by atoms with E-state index in [9.17, 15) is 4.79 Å². The van der Waals surface area contributed by atoms with Gasteiger partial charge < -0.3 is 10.2 Å². The molecule has 140 valence electrons. The van der Waals surface area contributed by atoms with Gasteiger partial charge >= 0.3 is 0 Å². The number of aromatic nitrogens is 2. The van der Waals surface area contributed by atoms with Crippen molar-refractivity contribution in [3.8, 4) is 0 Å². The van der Waals surface area contributed by atoms with E-state index in [-0.39, 0.29) is 11.9 Å². The van der Waals surface area contributed by atoms with Crippen LogP contribution in [0.4, 0.5) is 0 Å². The molecule has 2 atom stereocenters. The van der Waals surface area contributed by atoms with Gasteiger partial charge in [-0.05, 0) is 39.6 Å². The molecule has 2 aromatic rings. The summed E-state index contributed by atoms with van der Waals surface area (Å²) < 4.78 is 0. The molecule has 26 heavy (non-hydrogen) atoms. The number of hydrogen-bond donors (Lipinski definition) is 1. The van der Waals surface area contributed by atoms with Crippen molar-refractivity contribution in [3.63, 3.8) is 0 Å². The van der Waals surface area contributed by atoms with E-state index in [1.807, 2.05) is 26.1 Å². The molecule has 1 amide bonds. The van der Waals surface area contributed by atoms with Crippen molar-refractivity contribution in [2.45, 2.75) is 26.4 Å². The number of rotatable bonds is 6. The topological polar surface area (TPSA) is 61.4 Å². The molecular formula is C19H27N5OS. The first-order chi connectivity index (χ1) is 12.4. The molecule has 1 saturated heterocycles. The Morgan fingerprint density at radius 1 is 1.38 bits per heavy atom. The van der Waals surface area contributed by atoms with E-state index in [0.29, 0.717) is 5.92 Å². The smallest absolute Gasteiger partial charge is 0.263 e. The monoisotopic (exact) mass is 373 g/mol. The molecule has 2 aromatic heterocycles. The Hall–Kier alpha value is -1.83. The molecule has 0 unspecified atom stereocenters. The zero-order chi connectivity index (χ0) is 18.7. The van der Waals surface area contributed by atoms with Crippen molar-refractivity contribution >= 4 is 17.2 Å². The third-order valence-corrected chi connectivity index (χ3v) is 5.74. The van der Waals surface area contributed by atoms with Gasteiger partial charge in [0, 0.05) is 50.5 Å². The van der Waals surface area contributed by atoms with Crippen LogP contribution in [0.3, 0.4) is 0 Å². The van der Waals surface area contributed by atoms with Gasteiger partial charge in [-0.15, -0.1) is 11.3 Å². The average Bonchev–Trinajstić information content (AvgIpc) is 3.10. The van der Waals surface area contributed by atoms with E-state index in [1.165, 1.54) is 16.9 Å². The summed E-state index contributed by atoms with van der Waals surface area (Å²) in [5, 5.41) is 4.20. The lowest BCUT2D eigenvalue weighted by Crippen LogP contribution is -2.43. The minimum Gasteiger partial charge on any atom is -0.347 e. The van der Waals surface area contributed by atoms with E-state index in [0.717, 1.165) is 41.8 Å². The number of likely N-dealkylation sites (tertiary alicyclic amines) is 1. The van der Waals surface area contributed by atoms with Crippen LogP contribution in [0, 0.1) is 19.8 Å². The number of thiazole rings is 1. The van der Waals surface area contributed by atoms with Crippen molar-refractivity contribution in [1.29, 1.82) is 0 Å². The van der Waals surface area contributed by atoms with Gasteiger partial charge in [0.15, 0.2) is 0 Å². The molecule has 7 heteroatoms. The summed E-state index contributed by atoms with van der Waals surface area (Å²) >= 11 is 1.47. The quantitative estimate of drug-likeness (QED) is 0.839. The van der Waals surface area contributed by atoms with Crippen LogP contribution < -0.4 is 5.32 Å². The lowest BCUT2D eigenvalue weighted by Gasteiger charge is -2.22. The third-order valence-electron chi connectivity index (χ3n) is 4.67. The summed E-state index contributed by atoms with van der Waals surface area (Å²) in [6.07, 6.45) is 3.71. The molecule has 0 radical (unpaired) electrons. The number of nitrogens with zero attached hydrogens (tertiary/aromatic N) is 4. The van der Waals surface area contributed by atoms with Crippen molar-refractivity contribution in [2.75, 3.05) is 33.7 Å². The molecule has 3 rings (SSSR count). The highest BCUT2D eigenvalue weighted by molar-refractivity contribution is 7.13. The first-order valence-electron chi connectivity index (χ1n) is 8.93. The Labute approximate surface area is 159 Å². The molecular weight excluding hydrogens is 346 g/mol. The minimum absolute atomic E-state index is 0.00471. The van der Waals surface area contributed by atoms with E-state index >= 15 is 0 Å². The Morgan fingerprint density at radius 2 is 2.19 bits per heavy atom. The van der Waals surface area contributed by atoms with E-state index in [1.54, 1.807) is 6.20 Å². The van der Waals surface area contributed by atoms with Crippen molar-refractivity contribution in [3.05, 3.63) is 45.7 Å². The number of carbonyl (C=O) groups is 1. The van der Waals surface area contributed by atoms with Gasteiger partial charge in [-0.2, -0.15) is 0 Å². The number of hydrogen-bond acceptors (Lipinski definition) is 6. The van der Waals surface area contributed by atoms with Crippen molar-refractivity contribution in [1.82, 2.24) is 25.1 Å². The van der Waals surface area contributed by atoms with E-state index < -0.39 is 0 Å². The van der Waals surface area contributed by atoms with Gasteiger partial charge in [-0.1, -0.05) is 6.07 Å². The standard InChI is InChI=1S/C19H27N5OS/c1-13-18(26-14(2)21-13)19(25)22-17-12-24(11-16(17)10-23(3)4)9-15-6-5-7-20-8-15/h5-8,16-17H,9-12H2,1-4H3,(H,22,25)/t16-,17-/m1/s1. The van der Waals surface area contributed by atoms with Crippen LogP contribution >= 0.6 is 11.3 Å². The first-order valence-corrected chi connectivity index (χ1v) is 9.75. The minimum atomic E-state index is 0.00471. The largest absolute Gasteiger partial charge is 0.347 e. The van der Waals surface area contributed by atoms with Crippen LogP contribution in [0.5, 0.6) is 0 Å². The van der Waals surface area contributed by atoms with Crippen molar-refractivity contribution < 1.29 is 4.79 Å². The number of pyridine rings is 1. The Kier molecular flexibility index (Phi) is 6.01. The number of amides is 1. The maximum atomic E-state index is 12.7. The van der Waals surface area contributed by atoms with Gasteiger partial charge in [0.05, 0.1) is 10.7 Å². The van der Waals surface area contributed by atoms with Gasteiger partial charge in [-0.3, -0.25) is 14.7 Å². The first kappa shape index (κ1) is 18.9. The molecule has 0 saturated carbocycles. The molecule has 0 aliphatic carbocycles. The number of carbonyl (C=O) groups excluding carboxylic acids is 1. The van der Waals surface area contributed by atoms with Crippen LogP contribution in [0.2, 0.25) is 0 Å². The fourth-order valence-corrected chi connectivity index (χ4v) is 4.46. The highest BCUT2D eigenvalue weighted by Gasteiger charge is 2.34. The highest BCUT2D eigenvalue weighted by atomic mass is 32.1. The third kappa shape index (κ3) is 4.66. The van der Waals surface area contributed by atoms with Gasteiger partial charge in [0.2, 0.25) is 0 Å². The fraction of sp³-hybridized carbons (Fsp3) is 0.526. The zero-order valence-electron chi connectivity index (χ0n) is 15.9. The maximum absolute atomic E-state index is 12.7. The van der Waals surface area contributed by atoms with Crippen molar-refractivity contribution in [2.24, 2.45) is 5.92 Å². The second-order valence-electron chi connectivity index (χ2n) is 7.31. The zero-order valence-corrected chi connectivity index (χ0v) is 16.7. The van der Waals surface area contributed by atoms with Crippen LogP contribution in [0.1, 0.15) is 25.9 Å². The second-order valence-corrected chi connectivity index (χ2v) is 8.51. The van der Waals surface area contributed by atoms with E-state index in [4.69, 9.17) is 0 Å². The molecule has 0 spiro atoms.